The topological polar surface area (TPSA) is 55.1 Å². The van der Waals surface area contributed by atoms with Gasteiger partial charge in [-0.1, -0.05) is 29.3 Å². The molecule has 3 rings (SSSR count). The first-order valence-electron chi connectivity index (χ1n) is 7.43. The summed E-state index contributed by atoms with van der Waals surface area (Å²) < 4.78 is 39.3. The largest absolute Gasteiger partial charge is 0.453 e. The molecule has 3 aromatic rings. The molecule has 0 aliphatic rings. The van der Waals surface area contributed by atoms with Gasteiger partial charge in [0.1, 0.15) is 5.82 Å². The minimum Gasteiger partial charge on any atom is -0.368 e. The molecule has 2 heterocycles. The maximum Gasteiger partial charge on any atom is 0.453 e. The molecule has 126 valence electrons. The third-order valence-electron chi connectivity index (χ3n) is 3.52. The van der Waals surface area contributed by atoms with E-state index < -0.39 is 12.0 Å². The summed E-state index contributed by atoms with van der Waals surface area (Å²) in [6.07, 6.45) is -3.85. The lowest BCUT2D eigenvalue weighted by molar-refractivity contribution is -0.146. The second kappa shape index (κ2) is 6.10. The molecule has 0 unspecified atom stereocenters. The number of nitrogens with zero attached hydrogens (tertiary/aromatic N) is 4. The van der Waals surface area contributed by atoms with Crippen molar-refractivity contribution in [2.24, 2.45) is 0 Å². The van der Waals surface area contributed by atoms with Gasteiger partial charge in [-0.15, -0.1) is 15.3 Å². The molecule has 0 fully saturated rings. The second-order valence-corrected chi connectivity index (χ2v) is 5.68. The normalized spacial score (nSPS) is 11.9. The van der Waals surface area contributed by atoms with Crippen molar-refractivity contribution in [2.45, 2.75) is 26.4 Å². The van der Waals surface area contributed by atoms with E-state index in [9.17, 15) is 13.2 Å². The summed E-state index contributed by atoms with van der Waals surface area (Å²) in [4.78, 5) is 0. The minimum atomic E-state index is -4.59. The minimum absolute atomic E-state index is 0.0576. The molecule has 1 aromatic carbocycles. The van der Waals surface area contributed by atoms with Gasteiger partial charge in [0, 0.05) is 6.54 Å². The van der Waals surface area contributed by atoms with Crippen molar-refractivity contribution in [3.8, 4) is 0 Å². The number of aryl methyl sites for hydroxylation is 2. The summed E-state index contributed by atoms with van der Waals surface area (Å²) in [7, 11) is 0. The van der Waals surface area contributed by atoms with Crippen LogP contribution in [0.4, 0.5) is 19.0 Å². The average molecular weight is 335 g/mol. The third-order valence-corrected chi connectivity index (χ3v) is 3.52. The molecule has 0 atom stereocenters. The Balaban J connectivity index is 1.73. The first-order chi connectivity index (χ1) is 11.3. The van der Waals surface area contributed by atoms with Crippen LogP contribution in [0.15, 0.2) is 30.3 Å². The number of rotatable bonds is 4. The molecule has 2 aromatic heterocycles. The predicted molar refractivity (Wildman–Crippen MR) is 83.9 cm³/mol. The van der Waals surface area contributed by atoms with E-state index in [1.807, 2.05) is 13.8 Å². The van der Waals surface area contributed by atoms with Gasteiger partial charge in [-0.2, -0.15) is 17.7 Å². The number of hydrogen-bond acceptors (Lipinski definition) is 4. The van der Waals surface area contributed by atoms with E-state index in [1.165, 1.54) is 22.8 Å². The molecule has 0 spiro atoms. The Morgan fingerprint density at radius 1 is 1.04 bits per heavy atom. The van der Waals surface area contributed by atoms with Gasteiger partial charge >= 0.3 is 6.18 Å². The molecule has 0 amide bonds. The molecular formula is C16H16F3N5. The number of benzene rings is 1. The molecule has 24 heavy (non-hydrogen) atoms. The molecule has 0 aliphatic carbocycles. The number of aromatic nitrogens is 4. The third kappa shape index (κ3) is 3.47. The van der Waals surface area contributed by atoms with Gasteiger partial charge in [0.2, 0.25) is 0 Å². The monoisotopic (exact) mass is 335 g/mol. The zero-order valence-electron chi connectivity index (χ0n) is 13.2. The molecule has 1 N–H and O–H groups in total. The highest BCUT2D eigenvalue weighted by Gasteiger charge is 2.37. The zero-order chi connectivity index (χ0) is 17.3. The van der Waals surface area contributed by atoms with Crippen LogP contribution in [0.25, 0.3) is 5.65 Å². The summed E-state index contributed by atoms with van der Waals surface area (Å²) in [5, 5.41) is 13.6. The van der Waals surface area contributed by atoms with E-state index in [0.717, 1.165) is 6.42 Å². The van der Waals surface area contributed by atoms with Gasteiger partial charge in [0.25, 0.3) is 5.82 Å². The van der Waals surface area contributed by atoms with Gasteiger partial charge in [0.05, 0.1) is 0 Å². The van der Waals surface area contributed by atoms with Crippen LogP contribution in [0.1, 0.15) is 22.5 Å². The number of anilines is 1. The smallest absolute Gasteiger partial charge is 0.368 e. The predicted octanol–water partition coefficient (Wildman–Crippen LogP) is 3.41. The lowest BCUT2D eigenvalue weighted by atomic mass is 10.1. The number of nitrogens with one attached hydrogen (secondary N) is 1. The van der Waals surface area contributed by atoms with Crippen LogP contribution in [0, 0.1) is 13.8 Å². The van der Waals surface area contributed by atoms with E-state index in [-0.39, 0.29) is 5.65 Å². The Hall–Kier alpha value is -2.64. The Morgan fingerprint density at radius 2 is 1.75 bits per heavy atom. The van der Waals surface area contributed by atoms with Crippen molar-refractivity contribution in [1.82, 2.24) is 19.8 Å². The number of alkyl halides is 3. The SMILES string of the molecule is Cc1cc(C)cc(CCNc2ccc3nnc(C(F)(F)F)n3n2)c1. The fourth-order valence-corrected chi connectivity index (χ4v) is 2.61. The molecule has 5 nitrogen and oxygen atoms in total. The quantitative estimate of drug-likeness (QED) is 0.794. The molecule has 0 radical (unpaired) electrons. The Bertz CT molecular complexity index is 850. The van der Waals surface area contributed by atoms with Gasteiger partial charge in [-0.25, -0.2) is 0 Å². The molecular weight excluding hydrogens is 319 g/mol. The average Bonchev–Trinajstić information content (AvgIpc) is 2.89. The van der Waals surface area contributed by atoms with Crippen molar-refractivity contribution in [1.29, 1.82) is 0 Å². The highest BCUT2D eigenvalue weighted by Crippen LogP contribution is 2.27. The van der Waals surface area contributed by atoms with Crippen molar-refractivity contribution in [3.63, 3.8) is 0 Å². The summed E-state index contributed by atoms with van der Waals surface area (Å²) in [5.41, 5.74) is 3.59. The van der Waals surface area contributed by atoms with Crippen molar-refractivity contribution >= 4 is 11.5 Å². The lowest BCUT2D eigenvalue weighted by Crippen LogP contribution is -2.14. The van der Waals surface area contributed by atoms with Crippen LogP contribution in [-0.2, 0) is 12.6 Å². The number of fused-ring (bicyclic) bond motifs is 1. The van der Waals surface area contributed by atoms with Gasteiger partial charge in [0.15, 0.2) is 5.65 Å². The zero-order valence-corrected chi connectivity index (χ0v) is 13.2. The summed E-state index contributed by atoms with van der Waals surface area (Å²) in [5.74, 6) is -0.785. The van der Waals surface area contributed by atoms with Crippen LogP contribution in [0.2, 0.25) is 0 Å². The molecule has 8 heteroatoms. The van der Waals surface area contributed by atoms with Gasteiger partial charge < -0.3 is 5.32 Å². The van der Waals surface area contributed by atoms with Crippen molar-refractivity contribution in [2.75, 3.05) is 11.9 Å². The second-order valence-electron chi connectivity index (χ2n) is 5.68. The standard InChI is InChI=1S/C16H16F3N5/c1-10-7-11(2)9-12(8-10)5-6-20-13-3-4-14-21-22-15(16(17,18)19)24(14)23-13/h3-4,7-9H,5-6H2,1-2H3,(H,20,23). The fraction of sp³-hybridized carbons (Fsp3) is 0.312. The highest BCUT2D eigenvalue weighted by atomic mass is 19.4. The molecule has 0 saturated carbocycles. The highest BCUT2D eigenvalue weighted by molar-refractivity contribution is 5.44. The van der Waals surface area contributed by atoms with Crippen molar-refractivity contribution in [3.05, 3.63) is 52.8 Å². The van der Waals surface area contributed by atoms with E-state index in [0.29, 0.717) is 16.9 Å². The maximum absolute atomic E-state index is 12.8. The Kier molecular flexibility index (Phi) is 4.13. The van der Waals surface area contributed by atoms with E-state index in [1.54, 1.807) is 6.07 Å². The van der Waals surface area contributed by atoms with Crippen LogP contribution >= 0.6 is 0 Å². The first kappa shape index (κ1) is 16.2. The van der Waals surface area contributed by atoms with Crippen LogP contribution in [0.3, 0.4) is 0 Å². The number of hydrogen-bond donors (Lipinski definition) is 1. The summed E-state index contributed by atoms with van der Waals surface area (Å²) in [6.45, 7) is 4.62. The molecule has 0 saturated heterocycles. The van der Waals surface area contributed by atoms with Gasteiger partial charge in [-0.3, -0.25) is 0 Å². The van der Waals surface area contributed by atoms with E-state index in [4.69, 9.17) is 0 Å². The van der Waals surface area contributed by atoms with Crippen LogP contribution in [0.5, 0.6) is 0 Å². The van der Waals surface area contributed by atoms with E-state index in [2.05, 4.69) is 38.8 Å². The molecule has 0 bridgehead atoms. The van der Waals surface area contributed by atoms with Crippen molar-refractivity contribution < 1.29 is 13.2 Å². The Morgan fingerprint density at radius 3 is 2.42 bits per heavy atom. The lowest BCUT2D eigenvalue weighted by Gasteiger charge is -2.08. The first-order valence-corrected chi connectivity index (χ1v) is 7.43. The van der Waals surface area contributed by atoms with Crippen LogP contribution < -0.4 is 5.32 Å². The van der Waals surface area contributed by atoms with Crippen LogP contribution in [-0.4, -0.2) is 26.4 Å². The fourth-order valence-electron chi connectivity index (χ4n) is 2.61. The Labute approximate surface area is 136 Å². The number of halogens is 3. The summed E-state index contributed by atoms with van der Waals surface area (Å²) in [6, 6.07) is 9.32. The van der Waals surface area contributed by atoms with E-state index >= 15 is 0 Å². The maximum atomic E-state index is 12.8. The van der Waals surface area contributed by atoms with Gasteiger partial charge in [-0.05, 0) is 38.0 Å². The molecule has 0 aliphatic heterocycles. The summed E-state index contributed by atoms with van der Waals surface area (Å²) >= 11 is 0.